The highest BCUT2D eigenvalue weighted by Crippen LogP contribution is 2.27. The summed E-state index contributed by atoms with van der Waals surface area (Å²) in [5.74, 6) is -1.95. The van der Waals surface area contributed by atoms with Gasteiger partial charge in [-0.2, -0.15) is 0 Å². The van der Waals surface area contributed by atoms with Gasteiger partial charge in [-0.25, -0.2) is 8.78 Å². The van der Waals surface area contributed by atoms with E-state index in [0.717, 1.165) is 12.1 Å². The summed E-state index contributed by atoms with van der Waals surface area (Å²) >= 11 is 5.97. The molecule has 0 saturated carbocycles. The second kappa shape index (κ2) is 7.28. The van der Waals surface area contributed by atoms with Crippen LogP contribution in [0.3, 0.4) is 0 Å². The van der Waals surface area contributed by atoms with Gasteiger partial charge in [0.05, 0.1) is 12.1 Å². The second-order valence-corrected chi connectivity index (χ2v) is 5.08. The molecule has 0 aliphatic heterocycles. The third-order valence-electron chi connectivity index (χ3n) is 2.99. The second-order valence-electron chi connectivity index (χ2n) is 4.67. The van der Waals surface area contributed by atoms with Crippen molar-refractivity contribution in [3.8, 4) is 11.5 Å². The molecule has 0 spiro atoms. The maximum absolute atomic E-state index is 13.1. The maximum Gasteiger partial charge on any atom is 0.265 e. The smallest absolute Gasteiger partial charge is 0.265 e. The molecule has 2 rings (SSSR count). The molecule has 1 amide bonds. The molecule has 1 unspecified atom stereocenters. The summed E-state index contributed by atoms with van der Waals surface area (Å²) in [5.41, 5.74) is 0.460. The first-order valence-corrected chi connectivity index (χ1v) is 7.04. The molecule has 2 aromatic rings. The molecular formula is C16H14ClF2NO3. The predicted octanol–water partition coefficient (Wildman–Crippen LogP) is 4.03. The molecule has 4 nitrogen and oxygen atoms in total. The SMILES string of the molecule is COc1ccc(NC(=O)C(C)Oc2ccc(F)c(F)c2)cc1Cl. The summed E-state index contributed by atoms with van der Waals surface area (Å²) in [6, 6.07) is 7.81. The molecule has 122 valence electrons. The minimum Gasteiger partial charge on any atom is -0.495 e. The van der Waals surface area contributed by atoms with Gasteiger partial charge in [0.25, 0.3) is 5.91 Å². The van der Waals surface area contributed by atoms with Crippen LogP contribution in [0.4, 0.5) is 14.5 Å². The van der Waals surface area contributed by atoms with Gasteiger partial charge in [-0.3, -0.25) is 4.79 Å². The number of rotatable bonds is 5. The van der Waals surface area contributed by atoms with Crippen LogP contribution in [-0.2, 0) is 4.79 Å². The lowest BCUT2D eigenvalue weighted by molar-refractivity contribution is -0.122. The van der Waals surface area contributed by atoms with Crippen molar-refractivity contribution in [2.75, 3.05) is 12.4 Å². The number of benzene rings is 2. The van der Waals surface area contributed by atoms with Gasteiger partial charge in [0.2, 0.25) is 0 Å². The van der Waals surface area contributed by atoms with Gasteiger partial charge in [0.1, 0.15) is 11.5 Å². The number of hydrogen-bond acceptors (Lipinski definition) is 3. The van der Waals surface area contributed by atoms with Gasteiger partial charge < -0.3 is 14.8 Å². The Kier molecular flexibility index (Phi) is 5.39. The van der Waals surface area contributed by atoms with Crippen molar-refractivity contribution >= 4 is 23.2 Å². The number of carbonyl (C=O) groups is 1. The molecule has 0 heterocycles. The Hall–Kier alpha value is -2.34. The third-order valence-corrected chi connectivity index (χ3v) is 3.29. The van der Waals surface area contributed by atoms with Crippen LogP contribution in [0.25, 0.3) is 0 Å². The summed E-state index contributed by atoms with van der Waals surface area (Å²) in [5, 5.41) is 2.96. The van der Waals surface area contributed by atoms with Crippen LogP contribution in [0.5, 0.6) is 11.5 Å². The van der Waals surface area contributed by atoms with Crippen molar-refractivity contribution in [2.24, 2.45) is 0 Å². The van der Waals surface area contributed by atoms with Gasteiger partial charge in [0.15, 0.2) is 17.7 Å². The molecule has 23 heavy (non-hydrogen) atoms. The molecule has 0 radical (unpaired) electrons. The number of methoxy groups -OCH3 is 1. The normalized spacial score (nSPS) is 11.7. The highest BCUT2D eigenvalue weighted by atomic mass is 35.5. The number of amides is 1. The summed E-state index contributed by atoms with van der Waals surface area (Å²) < 4.78 is 36.3. The topological polar surface area (TPSA) is 47.6 Å². The molecule has 0 aliphatic rings. The Morgan fingerprint density at radius 2 is 1.91 bits per heavy atom. The van der Waals surface area contributed by atoms with Crippen molar-refractivity contribution in [1.29, 1.82) is 0 Å². The fraction of sp³-hybridized carbons (Fsp3) is 0.188. The predicted molar refractivity (Wildman–Crippen MR) is 83.1 cm³/mol. The number of hydrogen-bond donors (Lipinski definition) is 1. The van der Waals surface area contributed by atoms with Crippen molar-refractivity contribution < 1.29 is 23.0 Å². The number of carbonyl (C=O) groups excluding carboxylic acids is 1. The van der Waals surface area contributed by atoms with Crippen LogP contribution in [0.2, 0.25) is 5.02 Å². The highest BCUT2D eigenvalue weighted by molar-refractivity contribution is 6.32. The lowest BCUT2D eigenvalue weighted by Gasteiger charge is -2.15. The van der Waals surface area contributed by atoms with Gasteiger partial charge in [-0.05, 0) is 37.3 Å². The first kappa shape index (κ1) is 17.0. The molecule has 2 aromatic carbocycles. The molecule has 0 bridgehead atoms. The standard InChI is InChI=1S/C16H14ClF2NO3/c1-9(23-11-4-5-13(18)14(19)8-11)16(21)20-10-3-6-15(22-2)12(17)7-10/h3-9H,1-2H3,(H,20,21). The number of anilines is 1. The van der Waals surface area contributed by atoms with Gasteiger partial charge >= 0.3 is 0 Å². The zero-order valence-corrected chi connectivity index (χ0v) is 13.2. The Morgan fingerprint density at radius 1 is 1.17 bits per heavy atom. The molecule has 1 atom stereocenters. The largest absolute Gasteiger partial charge is 0.495 e. The summed E-state index contributed by atoms with van der Waals surface area (Å²) in [7, 11) is 1.48. The number of nitrogens with one attached hydrogen (secondary N) is 1. The highest BCUT2D eigenvalue weighted by Gasteiger charge is 2.16. The van der Waals surface area contributed by atoms with Crippen molar-refractivity contribution in [3.63, 3.8) is 0 Å². The van der Waals surface area contributed by atoms with E-state index in [9.17, 15) is 13.6 Å². The van der Waals surface area contributed by atoms with Crippen molar-refractivity contribution in [1.82, 2.24) is 0 Å². The van der Waals surface area contributed by atoms with Crippen molar-refractivity contribution in [2.45, 2.75) is 13.0 Å². The molecular weight excluding hydrogens is 328 g/mol. The number of ether oxygens (including phenoxy) is 2. The quantitative estimate of drug-likeness (QED) is 0.893. The van der Waals surface area contributed by atoms with E-state index in [1.165, 1.54) is 26.2 Å². The van der Waals surface area contributed by atoms with E-state index < -0.39 is 23.6 Å². The molecule has 7 heteroatoms. The summed E-state index contributed by atoms with van der Waals surface area (Å²) in [6.07, 6.45) is -0.916. The number of halogens is 3. The van der Waals surface area contributed by atoms with E-state index in [2.05, 4.69) is 5.32 Å². The maximum atomic E-state index is 13.1. The average molecular weight is 342 g/mol. The van der Waals surface area contributed by atoms with E-state index in [1.807, 2.05) is 0 Å². The monoisotopic (exact) mass is 341 g/mol. The minimum atomic E-state index is -1.04. The third kappa shape index (κ3) is 4.32. The van der Waals surface area contributed by atoms with E-state index >= 15 is 0 Å². The first-order valence-electron chi connectivity index (χ1n) is 6.67. The molecule has 0 fully saturated rings. The van der Waals surface area contributed by atoms with E-state index in [-0.39, 0.29) is 5.75 Å². The van der Waals surface area contributed by atoms with Gasteiger partial charge in [-0.15, -0.1) is 0 Å². The van der Waals surface area contributed by atoms with Crippen LogP contribution in [0, 0.1) is 11.6 Å². The Labute approximate surface area is 137 Å². The van der Waals surface area contributed by atoms with Crippen LogP contribution in [0.1, 0.15) is 6.92 Å². The Balaban J connectivity index is 2.02. The molecule has 0 aliphatic carbocycles. The van der Waals surface area contributed by atoms with Crippen LogP contribution in [0.15, 0.2) is 36.4 Å². The lowest BCUT2D eigenvalue weighted by atomic mass is 10.2. The zero-order chi connectivity index (χ0) is 17.0. The van der Waals surface area contributed by atoms with E-state index in [1.54, 1.807) is 12.1 Å². The van der Waals surface area contributed by atoms with E-state index in [4.69, 9.17) is 21.1 Å². The fourth-order valence-electron chi connectivity index (χ4n) is 1.80. The van der Waals surface area contributed by atoms with Gasteiger partial charge in [0, 0.05) is 11.8 Å². The van der Waals surface area contributed by atoms with E-state index in [0.29, 0.717) is 16.5 Å². The molecule has 1 N–H and O–H groups in total. The molecule has 0 aromatic heterocycles. The first-order chi connectivity index (χ1) is 10.9. The average Bonchev–Trinajstić information content (AvgIpc) is 2.51. The Morgan fingerprint density at radius 3 is 2.52 bits per heavy atom. The van der Waals surface area contributed by atoms with Crippen molar-refractivity contribution in [3.05, 3.63) is 53.1 Å². The van der Waals surface area contributed by atoms with Crippen LogP contribution < -0.4 is 14.8 Å². The summed E-state index contributed by atoms with van der Waals surface area (Å²) in [6.45, 7) is 1.49. The fourth-order valence-corrected chi connectivity index (χ4v) is 2.05. The summed E-state index contributed by atoms with van der Waals surface area (Å²) in [4.78, 5) is 12.1. The minimum absolute atomic E-state index is 0.0549. The Bertz CT molecular complexity index is 724. The molecule has 0 saturated heterocycles. The van der Waals surface area contributed by atoms with Crippen LogP contribution >= 0.6 is 11.6 Å². The van der Waals surface area contributed by atoms with Gasteiger partial charge in [-0.1, -0.05) is 11.6 Å². The van der Waals surface area contributed by atoms with Crippen LogP contribution in [-0.4, -0.2) is 19.1 Å². The lowest BCUT2D eigenvalue weighted by Crippen LogP contribution is -2.30. The zero-order valence-electron chi connectivity index (χ0n) is 12.4.